The molecule has 134 valence electrons. The minimum absolute atomic E-state index is 0.114. The Kier molecular flexibility index (Phi) is 5.83. The van der Waals surface area contributed by atoms with Crippen molar-refractivity contribution >= 4 is 11.8 Å². The van der Waals surface area contributed by atoms with Gasteiger partial charge in [-0.05, 0) is 32.0 Å². The van der Waals surface area contributed by atoms with Gasteiger partial charge in [0.15, 0.2) is 0 Å². The summed E-state index contributed by atoms with van der Waals surface area (Å²) in [6.45, 7) is 5.82. The van der Waals surface area contributed by atoms with Crippen molar-refractivity contribution in [1.82, 2.24) is 9.80 Å². The second kappa shape index (κ2) is 7.68. The highest BCUT2D eigenvalue weighted by Crippen LogP contribution is 2.12. The number of aliphatic hydroxyl groups excluding tert-OH is 1. The van der Waals surface area contributed by atoms with E-state index in [1.54, 1.807) is 47.9 Å². The Balaban J connectivity index is 2.17. The standard InChI is InChI=1S/C19H24N2O4/c1-14(22)20-9-10-21(13-17(23)12-20)18(24)16-6-4-5-15(11-16)7-8-19(2,3)25/h4-6,11,17,23,25H,9-10,12-13H2,1-3H3. The van der Waals surface area contributed by atoms with Crippen molar-refractivity contribution < 1.29 is 19.8 Å². The van der Waals surface area contributed by atoms with E-state index in [9.17, 15) is 19.8 Å². The number of aliphatic hydroxyl groups is 2. The fourth-order valence-corrected chi connectivity index (χ4v) is 2.60. The maximum Gasteiger partial charge on any atom is 0.254 e. The summed E-state index contributed by atoms with van der Waals surface area (Å²) in [7, 11) is 0. The zero-order valence-electron chi connectivity index (χ0n) is 14.8. The average molecular weight is 344 g/mol. The number of hydrogen-bond acceptors (Lipinski definition) is 4. The van der Waals surface area contributed by atoms with Gasteiger partial charge in [0, 0.05) is 44.2 Å². The maximum absolute atomic E-state index is 12.7. The highest BCUT2D eigenvalue weighted by Gasteiger charge is 2.26. The molecule has 2 N–H and O–H groups in total. The summed E-state index contributed by atoms with van der Waals surface area (Å²) in [5.41, 5.74) is -0.00912. The van der Waals surface area contributed by atoms with Gasteiger partial charge in [0.25, 0.3) is 5.91 Å². The van der Waals surface area contributed by atoms with Crippen LogP contribution in [0.25, 0.3) is 0 Å². The largest absolute Gasteiger partial charge is 0.389 e. The minimum Gasteiger partial charge on any atom is -0.389 e. The van der Waals surface area contributed by atoms with Crippen LogP contribution in [0.1, 0.15) is 36.7 Å². The maximum atomic E-state index is 12.7. The van der Waals surface area contributed by atoms with Crippen LogP contribution in [-0.4, -0.2) is 69.7 Å². The van der Waals surface area contributed by atoms with Crippen molar-refractivity contribution in [3.63, 3.8) is 0 Å². The Morgan fingerprint density at radius 3 is 2.48 bits per heavy atom. The summed E-state index contributed by atoms with van der Waals surface area (Å²) in [5, 5.41) is 19.7. The Morgan fingerprint density at radius 1 is 1.20 bits per heavy atom. The Morgan fingerprint density at radius 2 is 1.84 bits per heavy atom. The van der Waals surface area contributed by atoms with E-state index < -0.39 is 11.7 Å². The SMILES string of the molecule is CC(=O)N1CCN(C(=O)c2cccc(C#CC(C)(C)O)c2)CC(O)C1. The van der Waals surface area contributed by atoms with Crippen LogP contribution in [0.5, 0.6) is 0 Å². The number of nitrogens with zero attached hydrogens (tertiary/aromatic N) is 2. The third-order valence-electron chi connectivity index (χ3n) is 3.86. The summed E-state index contributed by atoms with van der Waals surface area (Å²) >= 11 is 0. The van der Waals surface area contributed by atoms with Crippen LogP contribution in [0.4, 0.5) is 0 Å². The molecule has 25 heavy (non-hydrogen) atoms. The number of benzene rings is 1. The monoisotopic (exact) mass is 344 g/mol. The van der Waals surface area contributed by atoms with Crippen molar-refractivity contribution in [2.75, 3.05) is 26.2 Å². The Bertz CT molecular complexity index is 712. The first-order valence-corrected chi connectivity index (χ1v) is 8.24. The molecule has 1 aliphatic heterocycles. The summed E-state index contributed by atoms with van der Waals surface area (Å²) in [6.07, 6.45) is -0.770. The van der Waals surface area contributed by atoms with E-state index in [4.69, 9.17) is 0 Å². The molecule has 1 heterocycles. The molecule has 2 rings (SSSR count). The van der Waals surface area contributed by atoms with Crippen LogP contribution >= 0.6 is 0 Å². The normalized spacial score (nSPS) is 18.2. The lowest BCUT2D eigenvalue weighted by Gasteiger charge is -2.21. The number of hydrogen-bond donors (Lipinski definition) is 2. The van der Waals surface area contributed by atoms with E-state index in [1.165, 1.54) is 6.92 Å². The molecular weight excluding hydrogens is 320 g/mol. The van der Waals surface area contributed by atoms with Gasteiger partial charge in [-0.1, -0.05) is 17.9 Å². The second-order valence-electron chi connectivity index (χ2n) is 6.76. The van der Waals surface area contributed by atoms with Crippen LogP contribution in [0.15, 0.2) is 24.3 Å². The fourth-order valence-electron chi connectivity index (χ4n) is 2.60. The zero-order valence-corrected chi connectivity index (χ0v) is 14.8. The molecule has 1 aromatic rings. The fraction of sp³-hybridized carbons (Fsp3) is 0.474. The van der Waals surface area contributed by atoms with Crippen molar-refractivity contribution in [1.29, 1.82) is 0 Å². The summed E-state index contributed by atoms with van der Waals surface area (Å²) in [4.78, 5) is 27.4. The van der Waals surface area contributed by atoms with Crippen LogP contribution in [0.3, 0.4) is 0 Å². The predicted octanol–water partition coefficient (Wildman–Crippen LogP) is 0.474. The van der Waals surface area contributed by atoms with Gasteiger partial charge >= 0.3 is 0 Å². The van der Waals surface area contributed by atoms with Crippen LogP contribution in [0.2, 0.25) is 0 Å². The Labute approximate surface area is 148 Å². The van der Waals surface area contributed by atoms with Gasteiger partial charge in [-0.25, -0.2) is 0 Å². The molecule has 1 fully saturated rings. The summed E-state index contributed by atoms with van der Waals surface area (Å²) in [6, 6.07) is 6.86. The van der Waals surface area contributed by atoms with E-state index in [-0.39, 0.29) is 24.9 Å². The van der Waals surface area contributed by atoms with Crippen molar-refractivity contribution in [3.05, 3.63) is 35.4 Å². The molecule has 0 aromatic heterocycles. The lowest BCUT2D eigenvalue weighted by molar-refractivity contribution is -0.129. The quantitative estimate of drug-likeness (QED) is 0.726. The lowest BCUT2D eigenvalue weighted by Crippen LogP contribution is -2.37. The van der Waals surface area contributed by atoms with Crippen molar-refractivity contribution in [3.8, 4) is 11.8 Å². The molecule has 0 bridgehead atoms. The molecule has 0 spiro atoms. The molecule has 1 unspecified atom stereocenters. The number of carbonyl (C=O) groups excluding carboxylic acids is 2. The molecule has 0 aliphatic carbocycles. The van der Waals surface area contributed by atoms with E-state index in [1.807, 2.05) is 0 Å². The molecule has 6 heteroatoms. The lowest BCUT2D eigenvalue weighted by atomic mass is 10.1. The molecule has 0 radical (unpaired) electrons. The van der Waals surface area contributed by atoms with Gasteiger partial charge in [0.1, 0.15) is 5.60 Å². The molecular formula is C19H24N2O4. The van der Waals surface area contributed by atoms with Gasteiger partial charge in [-0.2, -0.15) is 0 Å². The average Bonchev–Trinajstić information content (AvgIpc) is 2.74. The minimum atomic E-state index is -1.11. The molecule has 1 aliphatic rings. The number of carbonyl (C=O) groups is 2. The summed E-state index contributed by atoms with van der Waals surface area (Å²) < 4.78 is 0. The van der Waals surface area contributed by atoms with E-state index in [0.29, 0.717) is 24.2 Å². The number of β-amino-alcohol motifs (C(OH)–C–C–N with tert-alkyl or cyclic N) is 1. The van der Waals surface area contributed by atoms with Crippen molar-refractivity contribution in [2.24, 2.45) is 0 Å². The molecule has 6 nitrogen and oxygen atoms in total. The first kappa shape index (κ1) is 19.0. The Hall–Kier alpha value is -2.36. The smallest absolute Gasteiger partial charge is 0.254 e. The molecule has 0 saturated carbocycles. The highest BCUT2D eigenvalue weighted by atomic mass is 16.3. The van der Waals surface area contributed by atoms with E-state index >= 15 is 0 Å². The van der Waals surface area contributed by atoms with Gasteiger partial charge in [-0.3, -0.25) is 9.59 Å². The third kappa shape index (κ3) is 5.59. The second-order valence-corrected chi connectivity index (χ2v) is 6.76. The molecule has 2 amide bonds. The van der Waals surface area contributed by atoms with E-state index in [2.05, 4.69) is 11.8 Å². The van der Waals surface area contributed by atoms with Crippen molar-refractivity contribution in [2.45, 2.75) is 32.5 Å². The van der Waals surface area contributed by atoms with Gasteiger partial charge in [-0.15, -0.1) is 0 Å². The molecule has 1 saturated heterocycles. The van der Waals surface area contributed by atoms with Gasteiger partial charge in [0.05, 0.1) is 6.10 Å². The first-order valence-electron chi connectivity index (χ1n) is 8.24. The van der Waals surface area contributed by atoms with Crippen LogP contribution < -0.4 is 0 Å². The van der Waals surface area contributed by atoms with Gasteiger partial charge < -0.3 is 20.0 Å². The summed E-state index contributed by atoms with van der Waals surface area (Å²) in [5.74, 6) is 5.24. The topological polar surface area (TPSA) is 81.1 Å². The zero-order chi connectivity index (χ0) is 18.6. The predicted molar refractivity (Wildman–Crippen MR) is 93.8 cm³/mol. The number of rotatable bonds is 1. The molecule has 1 atom stereocenters. The number of amides is 2. The van der Waals surface area contributed by atoms with E-state index in [0.717, 1.165) is 0 Å². The van der Waals surface area contributed by atoms with Crippen LogP contribution in [-0.2, 0) is 4.79 Å². The van der Waals surface area contributed by atoms with Gasteiger partial charge in [0.2, 0.25) is 5.91 Å². The molecule has 1 aromatic carbocycles. The first-order chi connectivity index (χ1) is 11.7. The van der Waals surface area contributed by atoms with Crippen LogP contribution in [0, 0.1) is 11.8 Å². The highest BCUT2D eigenvalue weighted by molar-refractivity contribution is 5.94. The third-order valence-corrected chi connectivity index (χ3v) is 3.86.